The predicted molar refractivity (Wildman–Crippen MR) is 137 cm³/mol. The quantitative estimate of drug-likeness (QED) is 0.433. The number of likely N-dealkylation sites (tertiary alicyclic amines) is 1. The molecule has 0 saturated carbocycles. The second-order valence-corrected chi connectivity index (χ2v) is 8.97. The lowest BCUT2D eigenvalue weighted by atomic mass is 10.0. The minimum absolute atomic E-state index is 0.123. The molecule has 2 aromatic carbocycles. The van der Waals surface area contributed by atoms with E-state index in [0.717, 1.165) is 53.7 Å². The molecular weight excluding hydrogens is 444 g/mol. The number of amides is 1. The Kier molecular flexibility index (Phi) is 8.17. The van der Waals surface area contributed by atoms with Crippen LogP contribution in [0.2, 0.25) is 0 Å². The molecule has 186 valence electrons. The zero-order chi connectivity index (χ0) is 24.8. The van der Waals surface area contributed by atoms with E-state index in [0.29, 0.717) is 30.6 Å². The Morgan fingerprint density at radius 1 is 1.14 bits per heavy atom. The topological polar surface area (TPSA) is 96.0 Å². The standard InChI is InChI=1S/C27H34N4O4/c1-18(32)30-25-14-19(4-7-27(25)35-3)16-29-20-9-12-31(13-10-20)17-26(33)22-8-11-28-24-6-5-21(34-2)15-23(22)24/h4-8,11,14-15,20,26,29,33H,9-10,12-13,16-17H2,1-3H3,(H,30,32)/t26-/m0/s1. The van der Waals surface area contributed by atoms with Crippen molar-refractivity contribution in [3.05, 3.63) is 59.8 Å². The van der Waals surface area contributed by atoms with E-state index in [4.69, 9.17) is 9.47 Å². The molecule has 0 unspecified atom stereocenters. The van der Waals surface area contributed by atoms with E-state index >= 15 is 0 Å². The highest BCUT2D eigenvalue weighted by molar-refractivity contribution is 5.90. The summed E-state index contributed by atoms with van der Waals surface area (Å²) in [5, 5.41) is 18.4. The van der Waals surface area contributed by atoms with Gasteiger partial charge in [0, 0.05) is 37.6 Å². The summed E-state index contributed by atoms with van der Waals surface area (Å²) in [5.74, 6) is 1.28. The van der Waals surface area contributed by atoms with E-state index < -0.39 is 6.10 Å². The summed E-state index contributed by atoms with van der Waals surface area (Å²) >= 11 is 0. The van der Waals surface area contributed by atoms with Crippen molar-refractivity contribution in [2.75, 3.05) is 39.2 Å². The Morgan fingerprint density at radius 3 is 2.66 bits per heavy atom. The van der Waals surface area contributed by atoms with Gasteiger partial charge in [-0.3, -0.25) is 9.78 Å². The number of pyridine rings is 1. The molecule has 1 fully saturated rings. The molecule has 0 aliphatic carbocycles. The lowest BCUT2D eigenvalue weighted by Gasteiger charge is -2.34. The van der Waals surface area contributed by atoms with Crippen LogP contribution in [0.3, 0.4) is 0 Å². The molecular formula is C27H34N4O4. The number of aliphatic hydroxyl groups is 1. The third-order valence-electron chi connectivity index (χ3n) is 6.53. The molecule has 0 bridgehead atoms. The smallest absolute Gasteiger partial charge is 0.221 e. The molecule has 35 heavy (non-hydrogen) atoms. The van der Waals surface area contributed by atoms with E-state index in [1.165, 1.54) is 6.92 Å². The van der Waals surface area contributed by atoms with Crippen LogP contribution >= 0.6 is 0 Å². The van der Waals surface area contributed by atoms with Gasteiger partial charge in [-0.2, -0.15) is 0 Å². The Balaban J connectivity index is 1.30. The number of piperidine rings is 1. The number of carbonyl (C=O) groups excluding carboxylic acids is 1. The molecule has 1 aliphatic rings. The molecule has 0 spiro atoms. The summed E-state index contributed by atoms with van der Waals surface area (Å²) in [5.41, 5.74) is 3.51. The molecule has 1 aliphatic heterocycles. The van der Waals surface area contributed by atoms with Crippen LogP contribution < -0.4 is 20.1 Å². The second-order valence-electron chi connectivity index (χ2n) is 8.97. The highest BCUT2D eigenvalue weighted by Crippen LogP contribution is 2.28. The van der Waals surface area contributed by atoms with Crippen LogP contribution in [0.4, 0.5) is 5.69 Å². The monoisotopic (exact) mass is 478 g/mol. The molecule has 0 radical (unpaired) electrons. The normalized spacial score (nSPS) is 15.7. The fourth-order valence-corrected chi connectivity index (χ4v) is 4.64. The number of hydrogen-bond donors (Lipinski definition) is 3. The number of nitrogens with zero attached hydrogens (tertiary/aromatic N) is 2. The average Bonchev–Trinajstić information content (AvgIpc) is 2.87. The van der Waals surface area contributed by atoms with Gasteiger partial charge in [0.2, 0.25) is 5.91 Å². The number of benzene rings is 2. The first-order valence-corrected chi connectivity index (χ1v) is 12.0. The molecule has 8 heteroatoms. The maximum Gasteiger partial charge on any atom is 0.221 e. The minimum atomic E-state index is -0.594. The van der Waals surface area contributed by atoms with Crippen molar-refractivity contribution in [3.63, 3.8) is 0 Å². The number of rotatable bonds is 9. The fourth-order valence-electron chi connectivity index (χ4n) is 4.64. The van der Waals surface area contributed by atoms with Crippen molar-refractivity contribution >= 4 is 22.5 Å². The van der Waals surface area contributed by atoms with Gasteiger partial charge in [-0.05, 0) is 73.5 Å². The highest BCUT2D eigenvalue weighted by atomic mass is 16.5. The summed E-state index contributed by atoms with van der Waals surface area (Å²) in [6.07, 6.45) is 3.17. The molecule has 1 saturated heterocycles. The molecule has 4 rings (SSSR count). The lowest BCUT2D eigenvalue weighted by Crippen LogP contribution is -2.43. The molecule has 2 heterocycles. The van der Waals surface area contributed by atoms with Gasteiger partial charge in [0.25, 0.3) is 0 Å². The van der Waals surface area contributed by atoms with Crippen LogP contribution in [0.25, 0.3) is 10.9 Å². The number of methoxy groups -OCH3 is 2. The number of hydrogen-bond acceptors (Lipinski definition) is 7. The number of nitrogens with one attached hydrogen (secondary N) is 2. The summed E-state index contributed by atoms with van der Waals surface area (Å²) in [6, 6.07) is 13.9. The van der Waals surface area contributed by atoms with Crippen molar-refractivity contribution in [2.45, 2.75) is 38.5 Å². The van der Waals surface area contributed by atoms with Gasteiger partial charge in [-0.1, -0.05) is 6.07 Å². The Morgan fingerprint density at radius 2 is 1.94 bits per heavy atom. The van der Waals surface area contributed by atoms with E-state index in [1.54, 1.807) is 20.4 Å². The number of β-amino-alcohol motifs (C(OH)–C–C–N with tert-alkyl or cyclic N) is 1. The second kappa shape index (κ2) is 11.5. The maximum atomic E-state index is 11.5. The van der Waals surface area contributed by atoms with Gasteiger partial charge in [-0.15, -0.1) is 0 Å². The van der Waals surface area contributed by atoms with Crippen molar-refractivity contribution in [1.29, 1.82) is 0 Å². The van der Waals surface area contributed by atoms with Crippen LogP contribution in [-0.2, 0) is 11.3 Å². The number of fused-ring (bicyclic) bond motifs is 1. The summed E-state index contributed by atoms with van der Waals surface area (Å²) in [4.78, 5) is 18.2. The molecule has 1 atom stereocenters. The molecule has 3 aromatic rings. The first-order valence-electron chi connectivity index (χ1n) is 12.0. The van der Waals surface area contributed by atoms with E-state index in [-0.39, 0.29) is 5.91 Å². The molecule has 3 N–H and O–H groups in total. The number of anilines is 1. The van der Waals surface area contributed by atoms with Crippen LogP contribution in [0.1, 0.15) is 37.0 Å². The highest BCUT2D eigenvalue weighted by Gasteiger charge is 2.22. The third-order valence-corrected chi connectivity index (χ3v) is 6.53. The number of aromatic nitrogens is 1. The SMILES string of the molecule is COc1ccc2nccc([C@@H](O)CN3CCC(NCc4ccc(OC)c(NC(C)=O)c4)CC3)c2c1. The first kappa shape index (κ1) is 24.9. The van der Waals surface area contributed by atoms with Crippen molar-refractivity contribution < 1.29 is 19.4 Å². The number of aliphatic hydroxyl groups excluding tert-OH is 1. The van der Waals surface area contributed by atoms with Crippen molar-refractivity contribution in [2.24, 2.45) is 0 Å². The van der Waals surface area contributed by atoms with Gasteiger partial charge in [0.15, 0.2) is 0 Å². The summed E-state index contributed by atoms with van der Waals surface area (Å²) in [7, 11) is 3.24. The van der Waals surface area contributed by atoms with Crippen LogP contribution in [0.5, 0.6) is 11.5 Å². The largest absolute Gasteiger partial charge is 0.497 e. The van der Waals surface area contributed by atoms with E-state index in [1.807, 2.05) is 42.5 Å². The summed E-state index contributed by atoms with van der Waals surface area (Å²) < 4.78 is 10.7. The zero-order valence-electron chi connectivity index (χ0n) is 20.6. The van der Waals surface area contributed by atoms with Crippen molar-refractivity contribution in [3.8, 4) is 11.5 Å². The van der Waals surface area contributed by atoms with Gasteiger partial charge in [0.1, 0.15) is 11.5 Å². The first-order chi connectivity index (χ1) is 17.0. The van der Waals surface area contributed by atoms with Gasteiger partial charge in [-0.25, -0.2) is 0 Å². The van der Waals surface area contributed by atoms with Gasteiger partial charge >= 0.3 is 0 Å². The van der Waals surface area contributed by atoms with Gasteiger partial charge < -0.3 is 30.1 Å². The number of carbonyl (C=O) groups is 1. The van der Waals surface area contributed by atoms with E-state index in [2.05, 4.69) is 20.5 Å². The molecule has 1 aromatic heterocycles. The lowest BCUT2D eigenvalue weighted by molar-refractivity contribution is -0.114. The molecule has 1 amide bonds. The van der Waals surface area contributed by atoms with Crippen LogP contribution in [-0.4, -0.2) is 60.8 Å². The van der Waals surface area contributed by atoms with E-state index in [9.17, 15) is 9.90 Å². The Bertz CT molecular complexity index is 1160. The maximum absolute atomic E-state index is 11.5. The van der Waals surface area contributed by atoms with Crippen LogP contribution in [0, 0.1) is 0 Å². The average molecular weight is 479 g/mol. The third kappa shape index (κ3) is 6.28. The van der Waals surface area contributed by atoms with Crippen LogP contribution in [0.15, 0.2) is 48.7 Å². The Labute approximate surface area is 206 Å². The predicted octanol–water partition coefficient (Wildman–Crippen LogP) is 3.50. The number of ether oxygens (including phenoxy) is 2. The van der Waals surface area contributed by atoms with Gasteiger partial charge in [0.05, 0.1) is 31.5 Å². The fraction of sp³-hybridized carbons (Fsp3) is 0.407. The zero-order valence-corrected chi connectivity index (χ0v) is 20.6. The molecule has 8 nitrogen and oxygen atoms in total. The minimum Gasteiger partial charge on any atom is -0.497 e. The Hall–Kier alpha value is -3.20. The van der Waals surface area contributed by atoms with Crippen molar-refractivity contribution in [1.82, 2.24) is 15.2 Å². The summed E-state index contributed by atoms with van der Waals surface area (Å²) in [6.45, 7) is 4.63.